The molecule has 0 spiro atoms. The van der Waals surface area contributed by atoms with Gasteiger partial charge in [-0.15, -0.1) is 0 Å². The number of amides is 1. The minimum atomic E-state index is -0.596. The molecule has 1 amide bonds. The molecule has 1 heterocycles. The van der Waals surface area contributed by atoms with Gasteiger partial charge in [-0.3, -0.25) is 4.79 Å². The summed E-state index contributed by atoms with van der Waals surface area (Å²) in [6.45, 7) is 10.8. The molecule has 2 aromatic rings. The van der Waals surface area contributed by atoms with Crippen LogP contribution in [0.15, 0.2) is 30.6 Å². The molecular formula is C20H28N6O3. The second-order valence-electron chi connectivity index (χ2n) is 7.92. The topological polar surface area (TPSA) is 118 Å². The number of benzene rings is 1. The van der Waals surface area contributed by atoms with Crippen LogP contribution in [-0.4, -0.2) is 38.5 Å². The Morgan fingerprint density at radius 2 is 1.59 bits per heavy atom. The fourth-order valence-electron chi connectivity index (χ4n) is 2.40. The number of rotatable bonds is 7. The monoisotopic (exact) mass is 400 g/mol. The van der Waals surface area contributed by atoms with E-state index in [0.29, 0.717) is 11.6 Å². The van der Waals surface area contributed by atoms with Crippen molar-refractivity contribution in [1.82, 2.24) is 15.0 Å². The first-order valence-electron chi connectivity index (χ1n) is 9.36. The lowest BCUT2D eigenvalue weighted by Gasteiger charge is -2.26. The molecule has 9 heteroatoms. The predicted molar refractivity (Wildman–Crippen MR) is 112 cm³/mol. The number of carbonyl (C=O) groups is 2. The first-order chi connectivity index (χ1) is 13.5. The van der Waals surface area contributed by atoms with E-state index in [4.69, 9.17) is 4.74 Å². The van der Waals surface area contributed by atoms with E-state index in [1.54, 1.807) is 24.3 Å². The Hall–Kier alpha value is -3.23. The molecule has 9 nitrogen and oxygen atoms in total. The van der Waals surface area contributed by atoms with Gasteiger partial charge in [-0.1, -0.05) is 13.8 Å². The lowest BCUT2D eigenvalue weighted by atomic mass is 10.0. The van der Waals surface area contributed by atoms with Crippen molar-refractivity contribution in [3.63, 3.8) is 0 Å². The molecule has 0 unspecified atom stereocenters. The van der Waals surface area contributed by atoms with Crippen molar-refractivity contribution in [2.45, 2.75) is 53.2 Å². The van der Waals surface area contributed by atoms with Gasteiger partial charge in [0.15, 0.2) is 0 Å². The normalized spacial score (nSPS) is 12.2. The van der Waals surface area contributed by atoms with Crippen molar-refractivity contribution < 1.29 is 14.3 Å². The molecule has 0 aliphatic heterocycles. The van der Waals surface area contributed by atoms with Crippen LogP contribution in [0.25, 0.3) is 0 Å². The summed E-state index contributed by atoms with van der Waals surface area (Å²) in [6, 6.07) is 6.52. The summed E-state index contributed by atoms with van der Waals surface area (Å²) in [5, 5.41) is 8.80. The van der Waals surface area contributed by atoms with Gasteiger partial charge in [-0.25, -0.2) is 14.8 Å². The van der Waals surface area contributed by atoms with Crippen LogP contribution >= 0.6 is 0 Å². The lowest BCUT2D eigenvalue weighted by molar-refractivity contribution is -0.156. The molecule has 0 aliphatic carbocycles. The average molecular weight is 400 g/mol. The van der Waals surface area contributed by atoms with E-state index in [1.807, 2.05) is 34.6 Å². The SMILES string of the molecule is CC(=O)Nc1ccc(Nc2ncnc(N[C@H](C(=O)OC(C)(C)C)C(C)C)n2)cc1. The second-order valence-corrected chi connectivity index (χ2v) is 7.92. The number of aromatic nitrogens is 3. The zero-order chi connectivity index (χ0) is 21.6. The van der Waals surface area contributed by atoms with Gasteiger partial charge in [-0.2, -0.15) is 4.98 Å². The highest BCUT2D eigenvalue weighted by Crippen LogP contribution is 2.18. The number of ether oxygens (including phenoxy) is 1. The van der Waals surface area contributed by atoms with Gasteiger partial charge < -0.3 is 20.7 Å². The van der Waals surface area contributed by atoms with Crippen LogP contribution in [0.3, 0.4) is 0 Å². The largest absolute Gasteiger partial charge is 0.458 e. The van der Waals surface area contributed by atoms with Crippen LogP contribution in [0.4, 0.5) is 23.3 Å². The highest BCUT2D eigenvalue weighted by Gasteiger charge is 2.28. The van der Waals surface area contributed by atoms with Gasteiger partial charge in [-0.05, 0) is 51.0 Å². The summed E-state index contributed by atoms with van der Waals surface area (Å²) in [4.78, 5) is 36.1. The smallest absolute Gasteiger partial charge is 0.329 e. The molecule has 0 saturated heterocycles. The lowest BCUT2D eigenvalue weighted by Crippen LogP contribution is -2.40. The first-order valence-corrected chi connectivity index (χ1v) is 9.36. The Morgan fingerprint density at radius 3 is 2.14 bits per heavy atom. The van der Waals surface area contributed by atoms with Crippen LogP contribution in [0, 0.1) is 5.92 Å². The summed E-state index contributed by atoms with van der Waals surface area (Å²) in [5.74, 6) is 0.0577. The van der Waals surface area contributed by atoms with E-state index in [2.05, 4.69) is 30.9 Å². The fourth-order valence-corrected chi connectivity index (χ4v) is 2.40. The molecule has 1 aromatic carbocycles. The van der Waals surface area contributed by atoms with E-state index in [-0.39, 0.29) is 23.7 Å². The Bertz CT molecular complexity index is 846. The third-order valence-corrected chi connectivity index (χ3v) is 3.65. The quantitative estimate of drug-likeness (QED) is 0.606. The third-order valence-electron chi connectivity index (χ3n) is 3.65. The van der Waals surface area contributed by atoms with E-state index in [0.717, 1.165) is 5.69 Å². The average Bonchev–Trinajstić information content (AvgIpc) is 2.59. The van der Waals surface area contributed by atoms with Gasteiger partial charge in [0, 0.05) is 18.3 Å². The Morgan fingerprint density at radius 1 is 1.00 bits per heavy atom. The van der Waals surface area contributed by atoms with Crippen LogP contribution in [0.2, 0.25) is 0 Å². The van der Waals surface area contributed by atoms with E-state index in [9.17, 15) is 9.59 Å². The molecule has 156 valence electrons. The number of hydrogen-bond donors (Lipinski definition) is 3. The van der Waals surface area contributed by atoms with Crippen LogP contribution in [0.5, 0.6) is 0 Å². The zero-order valence-electron chi connectivity index (χ0n) is 17.6. The van der Waals surface area contributed by atoms with Crippen molar-refractivity contribution in [2.24, 2.45) is 5.92 Å². The van der Waals surface area contributed by atoms with Gasteiger partial charge in [0.2, 0.25) is 17.8 Å². The minimum Gasteiger partial charge on any atom is -0.458 e. The number of hydrogen-bond acceptors (Lipinski definition) is 8. The maximum atomic E-state index is 12.5. The molecule has 29 heavy (non-hydrogen) atoms. The van der Waals surface area contributed by atoms with E-state index >= 15 is 0 Å². The summed E-state index contributed by atoms with van der Waals surface area (Å²) < 4.78 is 5.48. The Labute approximate surface area is 170 Å². The standard InChI is InChI=1S/C20H28N6O3/c1-12(2)16(17(28)29-20(4,5)6)25-19-22-11-21-18(26-19)24-15-9-7-14(8-10-15)23-13(3)27/h7-12,16H,1-6H3,(H,23,27)(H2,21,22,24,25,26)/t16-/m0/s1. The summed E-state index contributed by atoms with van der Waals surface area (Å²) in [7, 11) is 0. The summed E-state index contributed by atoms with van der Waals surface area (Å²) in [6.07, 6.45) is 1.36. The fraction of sp³-hybridized carbons (Fsp3) is 0.450. The van der Waals surface area contributed by atoms with Crippen molar-refractivity contribution in [1.29, 1.82) is 0 Å². The van der Waals surface area contributed by atoms with Crippen molar-refractivity contribution in [3.05, 3.63) is 30.6 Å². The molecular weight excluding hydrogens is 372 g/mol. The van der Waals surface area contributed by atoms with Crippen LogP contribution in [-0.2, 0) is 14.3 Å². The van der Waals surface area contributed by atoms with Gasteiger partial charge >= 0.3 is 5.97 Å². The third kappa shape index (κ3) is 7.36. The number of nitrogens with zero attached hydrogens (tertiary/aromatic N) is 3. The summed E-state index contributed by atoms with van der Waals surface area (Å²) >= 11 is 0. The molecule has 2 rings (SSSR count). The Balaban J connectivity index is 2.09. The first kappa shape index (κ1) is 22.1. The number of anilines is 4. The maximum absolute atomic E-state index is 12.5. The van der Waals surface area contributed by atoms with Crippen molar-refractivity contribution in [3.8, 4) is 0 Å². The molecule has 0 aliphatic rings. The minimum absolute atomic E-state index is 0.0284. The highest BCUT2D eigenvalue weighted by molar-refractivity contribution is 5.88. The molecule has 3 N–H and O–H groups in total. The van der Waals surface area contributed by atoms with Crippen molar-refractivity contribution in [2.75, 3.05) is 16.0 Å². The molecule has 0 radical (unpaired) electrons. The molecule has 0 fully saturated rings. The second kappa shape index (κ2) is 9.31. The van der Waals surface area contributed by atoms with Gasteiger partial charge in [0.05, 0.1) is 0 Å². The van der Waals surface area contributed by atoms with E-state index in [1.165, 1.54) is 13.3 Å². The van der Waals surface area contributed by atoms with Crippen molar-refractivity contribution >= 4 is 35.1 Å². The summed E-state index contributed by atoms with van der Waals surface area (Å²) in [5.41, 5.74) is 0.850. The zero-order valence-corrected chi connectivity index (χ0v) is 17.6. The number of nitrogens with one attached hydrogen (secondary N) is 3. The molecule has 0 saturated carbocycles. The molecule has 1 atom stereocenters. The van der Waals surface area contributed by atoms with Gasteiger partial charge in [0.25, 0.3) is 0 Å². The van der Waals surface area contributed by atoms with Crippen LogP contribution in [0.1, 0.15) is 41.5 Å². The molecule has 0 bridgehead atoms. The maximum Gasteiger partial charge on any atom is 0.329 e. The molecule has 1 aromatic heterocycles. The van der Waals surface area contributed by atoms with Gasteiger partial charge in [0.1, 0.15) is 18.0 Å². The highest BCUT2D eigenvalue weighted by atomic mass is 16.6. The number of esters is 1. The number of carbonyl (C=O) groups excluding carboxylic acids is 2. The predicted octanol–water partition coefficient (Wildman–Crippen LogP) is 3.35. The van der Waals surface area contributed by atoms with E-state index < -0.39 is 11.6 Å². The Kier molecular flexibility index (Phi) is 7.08. The van der Waals surface area contributed by atoms with Crippen LogP contribution < -0.4 is 16.0 Å².